The number of ether oxygens (including phenoxy) is 1. The molecule has 10 heteroatoms. The van der Waals surface area contributed by atoms with E-state index in [0.29, 0.717) is 4.47 Å². The van der Waals surface area contributed by atoms with Crippen LogP contribution in [-0.4, -0.2) is 36.1 Å². The number of halogens is 6. The van der Waals surface area contributed by atoms with Crippen molar-refractivity contribution in [1.29, 1.82) is 0 Å². The Morgan fingerprint density at radius 3 is 2.25 bits per heavy atom. The van der Waals surface area contributed by atoms with Gasteiger partial charge in [-0.05, 0) is 30.7 Å². The highest BCUT2D eigenvalue weighted by Gasteiger charge is 2.65. The van der Waals surface area contributed by atoms with Crippen LogP contribution in [0.4, 0.5) is 22.0 Å². The largest absolute Gasteiger partial charge is 0.460 e. The van der Waals surface area contributed by atoms with Crippen LogP contribution in [0, 0.1) is 0 Å². The Balaban J connectivity index is 2.27. The maximum absolute atomic E-state index is 13.8. The van der Waals surface area contributed by atoms with Gasteiger partial charge in [-0.15, -0.1) is 0 Å². The highest BCUT2D eigenvalue weighted by Crippen LogP contribution is 2.41. The summed E-state index contributed by atoms with van der Waals surface area (Å²) in [6.45, 7) is 0. The maximum Gasteiger partial charge on any atom is 0.455 e. The lowest BCUT2D eigenvalue weighted by atomic mass is 10.00. The van der Waals surface area contributed by atoms with Crippen molar-refractivity contribution in [2.75, 3.05) is 0 Å². The molecule has 1 aliphatic rings. The number of carbonyl (C=O) groups is 2. The average molecular weight is 416 g/mol. The Bertz CT molecular complexity index is 632. The summed E-state index contributed by atoms with van der Waals surface area (Å²) in [4.78, 5) is 23.1. The first-order valence-electron chi connectivity index (χ1n) is 6.73. The standard InChI is InChI=1S/C14H11BrF5NO3/c15-8-3-1-7(2-4-8)12(23)21-11(9-5-6-10(22)24-9)13(16,17)14(18,19)20/h1-4,9,11H,5-6H2,(H,21,23)/t9-,11+/m1/s1. The molecule has 0 saturated carbocycles. The maximum atomic E-state index is 13.8. The molecule has 1 amide bonds. The summed E-state index contributed by atoms with van der Waals surface area (Å²) in [6.07, 6.45) is -8.29. The van der Waals surface area contributed by atoms with E-state index in [2.05, 4.69) is 20.7 Å². The van der Waals surface area contributed by atoms with Crippen LogP contribution in [0.3, 0.4) is 0 Å². The van der Waals surface area contributed by atoms with Crippen molar-refractivity contribution in [1.82, 2.24) is 5.32 Å². The number of alkyl halides is 5. The van der Waals surface area contributed by atoms with Gasteiger partial charge in [-0.3, -0.25) is 9.59 Å². The van der Waals surface area contributed by atoms with Crippen LogP contribution < -0.4 is 5.32 Å². The van der Waals surface area contributed by atoms with Crippen LogP contribution in [0.2, 0.25) is 0 Å². The lowest BCUT2D eigenvalue weighted by Gasteiger charge is -2.32. The minimum atomic E-state index is -5.90. The molecule has 1 aromatic carbocycles. The summed E-state index contributed by atoms with van der Waals surface area (Å²) in [5.41, 5.74) is -0.106. The number of benzene rings is 1. The second-order valence-corrected chi connectivity index (χ2v) is 6.06. The molecule has 132 valence electrons. The van der Waals surface area contributed by atoms with Crippen LogP contribution in [0.1, 0.15) is 23.2 Å². The lowest BCUT2D eigenvalue weighted by Crippen LogP contribution is -2.60. The van der Waals surface area contributed by atoms with Gasteiger partial charge in [0.2, 0.25) is 0 Å². The summed E-state index contributed by atoms with van der Waals surface area (Å²) < 4.78 is 70.7. The molecule has 1 N–H and O–H groups in total. The fourth-order valence-corrected chi connectivity index (χ4v) is 2.47. The van der Waals surface area contributed by atoms with Crippen LogP contribution in [0.25, 0.3) is 0 Å². The number of cyclic esters (lactones) is 1. The van der Waals surface area contributed by atoms with Gasteiger partial charge in [0.15, 0.2) is 0 Å². The third-order valence-electron chi connectivity index (χ3n) is 3.45. The zero-order chi connectivity index (χ0) is 18.1. The number of esters is 1. The Morgan fingerprint density at radius 1 is 1.21 bits per heavy atom. The van der Waals surface area contributed by atoms with E-state index in [-0.39, 0.29) is 18.4 Å². The number of nitrogens with one attached hydrogen (secondary N) is 1. The molecule has 1 fully saturated rings. The van der Waals surface area contributed by atoms with E-state index in [0.717, 1.165) is 0 Å². The first kappa shape index (κ1) is 18.6. The molecule has 2 atom stereocenters. The third-order valence-corrected chi connectivity index (χ3v) is 3.98. The molecule has 0 unspecified atom stereocenters. The number of hydrogen-bond acceptors (Lipinski definition) is 3. The molecule has 0 radical (unpaired) electrons. The molecule has 24 heavy (non-hydrogen) atoms. The van der Waals surface area contributed by atoms with Crippen molar-refractivity contribution in [3.63, 3.8) is 0 Å². The van der Waals surface area contributed by atoms with E-state index in [1.165, 1.54) is 24.3 Å². The van der Waals surface area contributed by atoms with Gasteiger partial charge >= 0.3 is 18.1 Å². The highest BCUT2D eigenvalue weighted by molar-refractivity contribution is 9.10. The van der Waals surface area contributed by atoms with E-state index < -0.39 is 36.1 Å². The quantitative estimate of drug-likeness (QED) is 0.605. The van der Waals surface area contributed by atoms with Crippen LogP contribution in [-0.2, 0) is 9.53 Å². The summed E-state index contributed by atoms with van der Waals surface area (Å²) in [5.74, 6) is -7.27. The number of rotatable bonds is 4. The summed E-state index contributed by atoms with van der Waals surface area (Å²) in [6, 6.07) is 2.66. The van der Waals surface area contributed by atoms with Crippen molar-refractivity contribution >= 4 is 27.8 Å². The molecule has 0 bridgehead atoms. The normalized spacial score (nSPS) is 19.8. The molecule has 2 rings (SSSR count). The van der Waals surface area contributed by atoms with E-state index in [1.807, 2.05) is 0 Å². The van der Waals surface area contributed by atoms with Gasteiger partial charge < -0.3 is 10.1 Å². The van der Waals surface area contributed by atoms with Crippen LogP contribution in [0.5, 0.6) is 0 Å². The Morgan fingerprint density at radius 2 is 1.79 bits per heavy atom. The number of amides is 1. The minimum absolute atomic E-state index is 0.106. The molecular weight excluding hydrogens is 405 g/mol. The van der Waals surface area contributed by atoms with Gasteiger partial charge in [0.25, 0.3) is 5.91 Å². The first-order chi connectivity index (χ1) is 11.0. The summed E-state index contributed by atoms with van der Waals surface area (Å²) in [5, 5.41) is 1.66. The molecular formula is C14H11BrF5NO3. The van der Waals surface area contributed by atoms with Crippen molar-refractivity contribution in [2.45, 2.75) is 37.1 Å². The highest BCUT2D eigenvalue weighted by atomic mass is 79.9. The molecule has 0 aromatic heterocycles. The SMILES string of the molecule is O=C1CC[C@H]([C@H](NC(=O)c2ccc(Br)cc2)C(F)(F)C(F)(F)F)O1. The number of carbonyl (C=O) groups excluding carboxylic acids is 2. The van der Waals surface area contributed by atoms with Gasteiger partial charge in [-0.2, -0.15) is 22.0 Å². The fourth-order valence-electron chi connectivity index (χ4n) is 2.20. The van der Waals surface area contributed by atoms with Gasteiger partial charge in [0, 0.05) is 16.5 Å². The van der Waals surface area contributed by atoms with Crippen molar-refractivity contribution < 1.29 is 36.3 Å². The smallest absolute Gasteiger partial charge is 0.455 e. The second kappa shape index (κ2) is 6.66. The van der Waals surface area contributed by atoms with E-state index in [4.69, 9.17) is 0 Å². The van der Waals surface area contributed by atoms with E-state index >= 15 is 0 Å². The van der Waals surface area contributed by atoms with Crippen molar-refractivity contribution in [3.8, 4) is 0 Å². The van der Waals surface area contributed by atoms with E-state index in [1.54, 1.807) is 5.32 Å². The predicted molar refractivity (Wildman–Crippen MR) is 75.5 cm³/mol. The summed E-state index contributed by atoms with van der Waals surface area (Å²) in [7, 11) is 0. The molecule has 1 heterocycles. The molecule has 1 saturated heterocycles. The topological polar surface area (TPSA) is 55.4 Å². The molecule has 1 aliphatic heterocycles. The fraction of sp³-hybridized carbons (Fsp3) is 0.429. The summed E-state index contributed by atoms with van der Waals surface area (Å²) >= 11 is 3.11. The zero-order valence-electron chi connectivity index (χ0n) is 11.9. The molecule has 0 aliphatic carbocycles. The first-order valence-corrected chi connectivity index (χ1v) is 7.52. The Labute approximate surface area is 141 Å². The van der Waals surface area contributed by atoms with Crippen LogP contribution in [0.15, 0.2) is 28.7 Å². The zero-order valence-corrected chi connectivity index (χ0v) is 13.5. The van der Waals surface area contributed by atoms with E-state index in [9.17, 15) is 31.5 Å². The second-order valence-electron chi connectivity index (χ2n) is 5.15. The molecule has 4 nitrogen and oxygen atoms in total. The Kier molecular flexibility index (Phi) is 5.17. The minimum Gasteiger partial charge on any atom is -0.460 e. The van der Waals surface area contributed by atoms with Gasteiger partial charge in [-0.1, -0.05) is 15.9 Å². The molecule has 0 spiro atoms. The number of hydrogen-bond donors (Lipinski definition) is 1. The van der Waals surface area contributed by atoms with Crippen molar-refractivity contribution in [3.05, 3.63) is 34.3 Å². The van der Waals surface area contributed by atoms with Gasteiger partial charge in [0.1, 0.15) is 12.1 Å². The van der Waals surface area contributed by atoms with Gasteiger partial charge in [0.05, 0.1) is 0 Å². The van der Waals surface area contributed by atoms with Crippen molar-refractivity contribution in [2.24, 2.45) is 0 Å². The monoisotopic (exact) mass is 415 g/mol. The average Bonchev–Trinajstić information content (AvgIpc) is 2.90. The predicted octanol–water partition coefficient (Wildman–Crippen LogP) is 3.45. The Hall–Kier alpha value is -1.71. The van der Waals surface area contributed by atoms with Gasteiger partial charge in [-0.25, -0.2) is 0 Å². The lowest BCUT2D eigenvalue weighted by molar-refractivity contribution is -0.298. The van der Waals surface area contributed by atoms with Crippen LogP contribution >= 0.6 is 15.9 Å². The third kappa shape index (κ3) is 3.85. The molecule has 1 aromatic rings.